The Kier molecular flexibility index (Phi) is 4.94. The highest BCUT2D eigenvalue weighted by Crippen LogP contribution is 2.34. The standard InChI is InChI=1S/C16H23NO4/c1-4-8-19-13-7-6-12(10-14(13)20-9-5-2)16(3)11-21-15(18)17-16/h6-7,10H,4-5,8-9,11H2,1-3H3,(H,17,18). The molecule has 0 aromatic heterocycles. The van der Waals surface area contributed by atoms with Crippen LogP contribution in [0.5, 0.6) is 11.5 Å². The summed E-state index contributed by atoms with van der Waals surface area (Å²) >= 11 is 0. The number of carbonyl (C=O) groups is 1. The van der Waals surface area contributed by atoms with Crippen molar-refractivity contribution in [1.82, 2.24) is 5.32 Å². The van der Waals surface area contributed by atoms with E-state index < -0.39 is 5.54 Å². The predicted molar refractivity (Wildman–Crippen MR) is 79.8 cm³/mol. The van der Waals surface area contributed by atoms with E-state index in [0.29, 0.717) is 25.6 Å². The molecule has 1 aliphatic heterocycles. The van der Waals surface area contributed by atoms with Gasteiger partial charge in [-0.05, 0) is 37.5 Å². The summed E-state index contributed by atoms with van der Waals surface area (Å²) in [5.41, 5.74) is 0.424. The van der Waals surface area contributed by atoms with Crippen LogP contribution in [-0.2, 0) is 10.3 Å². The summed E-state index contributed by atoms with van der Waals surface area (Å²) in [6, 6.07) is 5.76. The molecule has 1 amide bonds. The van der Waals surface area contributed by atoms with E-state index in [1.165, 1.54) is 0 Å². The van der Waals surface area contributed by atoms with E-state index in [4.69, 9.17) is 14.2 Å². The maximum absolute atomic E-state index is 11.3. The highest BCUT2D eigenvalue weighted by Gasteiger charge is 2.37. The first kappa shape index (κ1) is 15.5. The van der Waals surface area contributed by atoms with Gasteiger partial charge in [0.2, 0.25) is 0 Å². The first-order chi connectivity index (χ1) is 10.1. The molecule has 1 aromatic carbocycles. The number of carbonyl (C=O) groups excluding carboxylic acids is 1. The van der Waals surface area contributed by atoms with Crippen molar-refractivity contribution in [3.05, 3.63) is 23.8 Å². The van der Waals surface area contributed by atoms with Crippen molar-refractivity contribution in [2.75, 3.05) is 19.8 Å². The van der Waals surface area contributed by atoms with E-state index in [0.717, 1.165) is 24.2 Å². The number of cyclic esters (lactones) is 1. The molecule has 1 aliphatic rings. The van der Waals surface area contributed by atoms with Gasteiger partial charge in [-0.1, -0.05) is 19.9 Å². The molecule has 0 spiro atoms. The number of rotatable bonds is 7. The normalized spacial score (nSPS) is 20.8. The summed E-state index contributed by atoms with van der Waals surface area (Å²) in [5, 5.41) is 2.83. The average Bonchev–Trinajstić information content (AvgIpc) is 2.84. The van der Waals surface area contributed by atoms with Gasteiger partial charge in [-0.25, -0.2) is 4.79 Å². The first-order valence-corrected chi connectivity index (χ1v) is 7.44. The zero-order valence-electron chi connectivity index (χ0n) is 12.9. The molecular formula is C16H23NO4. The zero-order valence-corrected chi connectivity index (χ0v) is 12.9. The quantitative estimate of drug-likeness (QED) is 0.838. The second kappa shape index (κ2) is 6.70. The van der Waals surface area contributed by atoms with Gasteiger partial charge >= 0.3 is 6.09 Å². The molecule has 0 radical (unpaired) electrons. The Morgan fingerprint density at radius 3 is 2.43 bits per heavy atom. The van der Waals surface area contributed by atoms with E-state index in [1.807, 2.05) is 25.1 Å². The van der Waals surface area contributed by atoms with Crippen molar-refractivity contribution in [3.8, 4) is 11.5 Å². The number of nitrogens with one attached hydrogen (secondary N) is 1. The molecule has 1 unspecified atom stereocenters. The van der Waals surface area contributed by atoms with Gasteiger partial charge in [-0.2, -0.15) is 0 Å². The van der Waals surface area contributed by atoms with Crippen molar-refractivity contribution in [2.24, 2.45) is 0 Å². The SMILES string of the molecule is CCCOc1ccc(C2(C)COC(=O)N2)cc1OCCC. The maximum atomic E-state index is 11.3. The number of benzene rings is 1. The van der Waals surface area contributed by atoms with Crippen LogP contribution in [0.4, 0.5) is 4.79 Å². The lowest BCUT2D eigenvalue weighted by molar-refractivity contribution is 0.173. The molecule has 1 N–H and O–H groups in total. The largest absolute Gasteiger partial charge is 0.490 e. The third kappa shape index (κ3) is 3.60. The van der Waals surface area contributed by atoms with Gasteiger partial charge in [0, 0.05) is 0 Å². The minimum Gasteiger partial charge on any atom is -0.490 e. The lowest BCUT2D eigenvalue weighted by Crippen LogP contribution is -2.37. The number of hydrogen-bond donors (Lipinski definition) is 1. The zero-order chi connectivity index (χ0) is 15.3. The van der Waals surface area contributed by atoms with Crippen LogP contribution in [0.25, 0.3) is 0 Å². The highest BCUT2D eigenvalue weighted by molar-refractivity contribution is 5.71. The molecule has 0 bridgehead atoms. The smallest absolute Gasteiger partial charge is 0.408 e. The maximum Gasteiger partial charge on any atom is 0.408 e. The van der Waals surface area contributed by atoms with E-state index in [2.05, 4.69) is 19.2 Å². The van der Waals surface area contributed by atoms with Crippen LogP contribution in [0.1, 0.15) is 39.2 Å². The molecule has 1 heterocycles. The van der Waals surface area contributed by atoms with Crippen LogP contribution in [0, 0.1) is 0 Å². The lowest BCUT2D eigenvalue weighted by atomic mass is 9.93. The molecule has 1 aromatic rings. The molecule has 0 saturated carbocycles. The van der Waals surface area contributed by atoms with Crippen LogP contribution < -0.4 is 14.8 Å². The molecule has 0 aliphatic carbocycles. The van der Waals surface area contributed by atoms with Crippen molar-refractivity contribution in [2.45, 2.75) is 39.2 Å². The van der Waals surface area contributed by atoms with Gasteiger partial charge in [0.15, 0.2) is 11.5 Å². The molecule has 5 heteroatoms. The Labute approximate surface area is 125 Å². The minimum absolute atomic E-state index is 0.314. The van der Waals surface area contributed by atoms with Crippen molar-refractivity contribution in [3.63, 3.8) is 0 Å². The monoisotopic (exact) mass is 293 g/mol. The first-order valence-electron chi connectivity index (χ1n) is 7.44. The van der Waals surface area contributed by atoms with Gasteiger partial charge in [0.1, 0.15) is 6.61 Å². The Hall–Kier alpha value is -1.91. The van der Waals surface area contributed by atoms with E-state index >= 15 is 0 Å². The summed E-state index contributed by atoms with van der Waals surface area (Å²) in [7, 11) is 0. The predicted octanol–water partition coefficient (Wildman–Crippen LogP) is 3.22. The Bertz CT molecular complexity index is 503. The number of amides is 1. The van der Waals surface area contributed by atoms with Gasteiger partial charge in [0.05, 0.1) is 18.8 Å². The van der Waals surface area contributed by atoms with Crippen LogP contribution in [0.2, 0.25) is 0 Å². The van der Waals surface area contributed by atoms with Gasteiger partial charge in [-0.3, -0.25) is 0 Å². The molecule has 1 atom stereocenters. The summed E-state index contributed by atoms with van der Waals surface area (Å²) in [4.78, 5) is 11.3. The second-order valence-electron chi connectivity index (χ2n) is 5.39. The van der Waals surface area contributed by atoms with E-state index in [9.17, 15) is 4.79 Å². The fourth-order valence-corrected chi connectivity index (χ4v) is 2.17. The summed E-state index contributed by atoms with van der Waals surface area (Å²) in [6.07, 6.45) is 1.48. The fraction of sp³-hybridized carbons (Fsp3) is 0.562. The fourth-order valence-electron chi connectivity index (χ4n) is 2.17. The van der Waals surface area contributed by atoms with Gasteiger partial charge in [0.25, 0.3) is 0 Å². The van der Waals surface area contributed by atoms with E-state index in [-0.39, 0.29) is 6.09 Å². The topological polar surface area (TPSA) is 56.8 Å². The highest BCUT2D eigenvalue weighted by atomic mass is 16.6. The average molecular weight is 293 g/mol. The van der Waals surface area contributed by atoms with Crippen LogP contribution >= 0.6 is 0 Å². The molecule has 1 saturated heterocycles. The third-order valence-electron chi connectivity index (χ3n) is 3.37. The number of hydrogen-bond acceptors (Lipinski definition) is 4. The van der Waals surface area contributed by atoms with Gasteiger partial charge < -0.3 is 19.5 Å². The molecule has 116 valence electrons. The summed E-state index contributed by atoms with van der Waals surface area (Å²) < 4.78 is 16.5. The Morgan fingerprint density at radius 2 is 1.86 bits per heavy atom. The third-order valence-corrected chi connectivity index (χ3v) is 3.37. The summed E-state index contributed by atoms with van der Waals surface area (Å²) in [6.45, 7) is 7.65. The molecule has 2 rings (SSSR count). The minimum atomic E-state index is -0.523. The number of alkyl carbamates (subject to hydrolysis) is 1. The molecular weight excluding hydrogens is 270 g/mol. The lowest BCUT2D eigenvalue weighted by Gasteiger charge is -2.23. The van der Waals surface area contributed by atoms with Crippen molar-refractivity contribution >= 4 is 6.09 Å². The molecule has 1 fully saturated rings. The Morgan fingerprint density at radius 1 is 1.19 bits per heavy atom. The van der Waals surface area contributed by atoms with Crippen LogP contribution in [-0.4, -0.2) is 25.9 Å². The molecule has 5 nitrogen and oxygen atoms in total. The van der Waals surface area contributed by atoms with Gasteiger partial charge in [-0.15, -0.1) is 0 Å². The van der Waals surface area contributed by atoms with Crippen LogP contribution in [0.3, 0.4) is 0 Å². The summed E-state index contributed by atoms with van der Waals surface area (Å²) in [5.74, 6) is 1.45. The Balaban J connectivity index is 2.25. The van der Waals surface area contributed by atoms with Crippen molar-refractivity contribution < 1.29 is 19.0 Å². The second-order valence-corrected chi connectivity index (χ2v) is 5.39. The number of ether oxygens (including phenoxy) is 3. The van der Waals surface area contributed by atoms with Crippen LogP contribution in [0.15, 0.2) is 18.2 Å². The van der Waals surface area contributed by atoms with Crippen molar-refractivity contribution in [1.29, 1.82) is 0 Å². The molecule has 21 heavy (non-hydrogen) atoms. The van der Waals surface area contributed by atoms with E-state index in [1.54, 1.807) is 0 Å².